The molecular weight excluding hydrogens is 392 g/mol. The molecule has 2 aliphatic heterocycles. The summed E-state index contributed by atoms with van der Waals surface area (Å²) < 4.78 is 6.05. The fourth-order valence-electron chi connectivity index (χ4n) is 4.37. The van der Waals surface area contributed by atoms with Crippen LogP contribution in [0, 0.1) is 0 Å². The Morgan fingerprint density at radius 1 is 1.03 bits per heavy atom. The Hall–Kier alpha value is -1.60. The molecule has 0 radical (unpaired) electrons. The van der Waals surface area contributed by atoms with Crippen molar-refractivity contribution in [2.45, 2.75) is 32.6 Å². The summed E-state index contributed by atoms with van der Waals surface area (Å²) in [5, 5.41) is 0. The number of aromatic nitrogens is 1. The van der Waals surface area contributed by atoms with Gasteiger partial charge in [-0.05, 0) is 43.0 Å². The molecule has 0 amide bonds. The van der Waals surface area contributed by atoms with Gasteiger partial charge in [-0.15, -0.1) is 0 Å². The molecule has 0 N–H and O–H groups in total. The average Bonchev–Trinajstić information content (AvgIpc) is 2.98. The van der Waals surface area contributed by atoms with E-state index < -0.39 is 0 Å². The Labute approximate surface area is 185 Å². The summed E-state index contributed by atoms with van der Waals surface area (Å²) in [6.45, 7) is 11.5. The van der Waals surface area contributed by atoms with Gasteiger partial charge >= 0.3 is 0 Å². The molecule has 1 aromatic carbocycles. The molecule has 1 fully saturated rings. The fraction of sp³-hybridized carbons (Fsp3) is 0.542. The number of hydrogen-bond acceptors (Lipinski definition) is 6. The second kappa shape index (κ2) is 10.6. The molecule has 2 aliphatic rings. The van der Waals surface area contributed by atoms with E-state index in [9.17, 15) is 0 Å². The fourth-order valence-corrected chi connectivity index (χ4v) is 5.07. The van der Waals surface area contributed by atoms with Gasteiger partial charge in [-0.3, -0.25) is 19.7 Å². The Balaban J connectivity index is 1.32. The molecule has 0 spiro atoms. The lowest BCUT2D eigenvalue weighted by atomic mass is 10.1. The number of thioether (sulfide) groups is 1. The van der Waals surface area contributed by atoms with E-state index in [1.165, 1.54) is 11.1 Å². The van der Waals surface area contributed by atoms with Crippen molar-refractivity contribution >= 4 is 11.8 Å². The van der Waals surface area contributed by atoms with E-state index in [4.69, 9.17) is 4.74 Å². The molecule has 0 bridgehead atoms. The number of ether oxygens (including phenoxy) is 1. The minimum Gasteiger partial charge on any atom is -0.492 e. The first-order valence-electron chi connectivity index (χ1n) is 11.0. The van der Waals surface area contributed by atoms with Gasteiger partial charge in [-0.1, -0.05) is 12.1 Å². The number of piperazine rings is 1. The number of nitrogens with zero attached hydrogens (tertiary/aromatic N) is 4. The number of rotatable bonds is 7. The first kappa shape index (κ1) is 21.6. The summed E-state index contributed by atoms with van der Waals surface area (Å²) in [6.07, 6.45) is 4.07. The molecule has 6 heteroatoms. The molecular formula is C24H34N4OS. The van der Waals surface area contributed by atoms with Crippen molar-refractivity contribution in [3.05, 3.63) is 59.4 Å². The molecule has 3 heterocycles. The van der Waals surface area contributed by atoms with Crippen LogP contribution in [0.5, 0.6) is 5.75 Å². The maximum Gasteiger partial charge on any atom is 0.123 e. The van der Waals surface area contributed by atoms with Gasteiger partial charge in [0.25, 0.3) is 0 Å². The molecule has 0 saturated carbocycles. The van der Waals surface area contributed by atoms with E-state index in [-0.39, 0.29) is 0 Å². The Bertz CT molecular complexity index is 795. The highest BCUT2D eigenvalue weighted by atomic mass is 32.2. The van der Waals surface area contributed by atoms with Gasteiger partial charge in [0.1, 0.15) is 12.4 Å². The molecule has 5 nitrogen and oxygen atoms in total. The van der Waals surface area contributed by atoms with Gasteiger partial charge in [-0.2, -0.15) is 11.8 Å². The van der Waals surface area contributed by atoms with Crippen molar-refractivity contribution in [3.8, 4) is 5.75 Å². The summed E-state index contributed by atoms with van der Waals surface area (Å²) >= 11 is 1.92. The number of benzene rings is 1. The molecule has 1 atom stereocenters. The van der Waals surface area contributed by atoms with Gasteiger partial charge in [-0.25, -0.2) is 0 Å². The highest BCUT2D eigenvalue weighted by Gasteiger charge is 2.21. The number of hydrogen-bond donors (Lipinski definition) is 0. The third-order valence-electron chi connectivity index (χ3n) is 6.15. The molecule has 1 aromatic heterocycles. The monoisotopic (exact) mass is 426 g/mol. The van der Waals surface area contributed by atoms with E-state index in [0.717, 1.165) is 76.2 Å². The molecule has 1 unspecified atom stereocenters. The van der Waals surface area contributed by atoms with Crippen LogP contribution >= 0.6 is 11.8 Å². The van der Waals surface area contributed by atoms with Crippen LogP contribution in [0.4, 0.5) is 0 Å². The molecule has 2 aromatic rings. The second-order valence-electron chi connectivity index (χ2n) is 8.44. The van der Waals surface area contributed by atoms with Crippen LogP contribution < -0.4 is 4.74 Å². The van der Waals surface area contributed by atoms with Crippen LogP contribution in [0.25, 0.3) is 0 Å². The summed E-state index contributed by atoms with van der Waals surface area (Å²) in [4.78, 5) is 12.1. The first-order valence-corrected chi connectivity index (χ1v) is 12.4. The highest BCUT2D eigenvalue weighted by Crippen LogP contribution is 2.26. The second-order valence-corrected chi connectivity index (χ2v) is 9.35. The van der Waals surface area contributed by atoms with Crippen LogP contribution in [0.1, 0.15) is 23.7 Å². The zero-order chi connectivity index (χ0) is 20.8. The van der Waals surface area contributed by atoms with E-state index in [1.807, 2.05) is 24.0 Å². The summed E-state index contributed by atoms with van der Waals surface area (Å²) in [7, 11) is 0. The largest absolute Gasteiger partial charge is 0.492 e. The lowest BCUT2D eigenvalue weighted by Gasteiger charge is -2.34. The van der Waals surface area contributed by atoms with E-state index in [2.05, 4.69) is 63.2 Å². The zero-order valence-electron chi connectivity index (χ0n) is 18.3. The summed E-state index contributed by atoms with van der Waals surface area (Å²) in [6, 6.07) is 13.6. The van der Waals surface area contributed by atoms with Crippen LogP contribution in [0.2, 0.25) is 0 Å². The molecule has 0 aliphatic carbocycles. The smallest absolute Gasteiger partial charge is 0.123 e. The van der Waals surface area contributed by atoms with Crippen LogP contribution in [0.15, 0.2) is 42.6 Å². The molecule has 30 heavy (non-hydrogen) atoms. The Kier molecular flexibility index (Phi) is 7.66. The van der Waals surface area contributed by atoms with Crippen LogP contribution in [-0.2, 0) is 19.6 Å². The van der Waals surface area contributed by atoms with Crippen molar-refractivity contribution in [2.24, 2.45) is 0 Å². The van der Waals surface area contributed by atoms with Gasteiger partial charge in [0, 0.05) is 75.9 Å². The van der Waals surface area contributed by atoms with Crippen molar-refractivity contribution in [2.75, 3.05) is 51.3 Å². The van der Waals surface area contributed by atoms with E-state index in [0.29, 0.717) is 6.04 Å². The Morgan fingerprint density at radius 3 is 2.57 bits per heavy atom. The average molecular weight is 427 g/mol. The van der Waals surface area contributed by atoms with Gasteiger partial charge < -0.3 is 4.74 Å². The maximum absolute atomic E-state index is 6.05. The predicted molar refractivity (Wildman–Crippen MR) is 125 cm³/mol. The summed E-state index contributed by atoms with van der Waals surface area (Å²) in [5.41, 5.74) is 3.90. The van der Waals surface area contributed by atoms with Crippen LogP contribution in [0.3, 0.4) is 0 Å². The quantitative estimate of drug-likeness (QED) is 0.675. The standard InChI is InChI=1S/C24H34N4OS/c1-20(19-30-2)28-13-14-29-24-7-6-21(15-22(24)17-28)16-26-9-11-27(12-10-26)18-23-5-3-4-8-25-23/h3-8,15,20H,9-14,16-19H2,1-2H3. The molecule has 162 valence electrons. The van der Waals surface area contributed by atoms with E-state index in [1.54, 1.807) is 0 Å². The van der Waals surface area contributed by atoms with Gasteiger partial charge in [0.05, 0.1) is 5.69 Å². The predicted octanol–water partition coefficient (Wildman–Crippen LogP) is 3.35. The topological polar surface area (TPSA) is 31.8 Å². The lowest BCUT2D eigenvalue weighted by Crippen LogP contribution is -2.45. The Morgan fingerprint density at radius 2 is 1.83 bits per heavy atom. The molecule has 1 saturated heterocycles. The third kappa shape index (κ3) is 5.76. The summed E-state index contributed by atoms with van der Waals surface area (Å²) in [5.74, 6) is 2.23. The zero-order valence-corrected chi connectivity index (χ0v) is 19.1. The van der Waals surface area contributed by atoms with Crippen molar-refractivity contribution in [1.82, 2.24) is 19.7 Å². The lowest BCUT2D eigenvalue weighted by molar-refractivity contribution is 0.121. The van der Waals surface area contributed by atoms with Crippen molar-refractivity contribution < 1.29 is 4.74 Å². The minimum atomic E-state index is 0.574. The van der Waals surface area contributed by atoms with Gasteiger partial charge in [0.15, 0.2) is 0 Å². The maximum atomic E-state index is 6.05. The number of pyridine rings is 1. The van der Waals surface area contributed by atoms with Crippen molar-refractivity contribution in [1.29, 1.82) is 0 Å². The highest BCUT2D eigenvalue weighted by molar-refractivity contribution is 7.98. The van der Waals surface area contributed by atoms with E-state index >= 15 is 0 Å². The minimum absolute atomic E-state index is 0.574. The third-order valence-corrected chi connectivity index (χ3v) is 6.96. The van der Waals surface area contributed by atoms with Crippen LogP contribution in [-0.4, -0.2) is 77.1 Å². The first-order chi connectivity index (χ1) is 14.7. The van der Waals surface area contributed by atoms with Crippen molar-refractivity contribution in [3.63, 3.8) is 0 Å². The molecule has 4 rings (SSSR count). The normalized spacial score (nSPS) is 19.7. The SMILES string of the molecule is CSCC(C)N1CCOc2ccc(CN3CCN(Cc4ccccn4)CC3)cc2C1. The number of fused-ring (bicyclic) bond motifs is 1. The van der Waals surface area contributed by atoms with Gasteiger partial charge in [0.2, 0.25) is 0 Å².